The van der Waals surface area contributed by atoms with Crippen molar-refractivity contribution in [1.29, 1.82) is 5.41 Å². The largest absolute Gasteiger partial charge is 0.404 e. The lowest BCUT2D eigenvalue weighted by atomic mass is 9.91. The summed E-state index contributed by atoms with van der Waals surface area (Å²) in [7, 11) is 0. The summed E-state index contributed by atoms with van der Waals surface area (Å²) in [4.78, 5) is 0. The lowest BCUT2D eigenvalue weighted by Crippen LogP contribution is -1.93. The van der Waals surface area contributed by atoms with Gasteiger partial charge in [0.1, 0.15) is 0 Å². The fraction of sp³-hybridized carbons (Fsp3) is 0.190. The summed E-state index contributed by atoms with van der Waals surface area (Å²) >= 11 is 0. The smallest absolute Gasteiger partial charge is 0.00323 e. The molecule has 0 aromatic heterocycles. The molecule has 0 fully saturated rings. The van der Waals surface area contributed by atoms with Gasteiger partial charge >= 0.3 is 0 Å². The maximum Gasteiger partial charge on any atom is -0.00323 e. The van der Waals surface area contributed by atoms with Gasteiger partial charge in [-0.2, -0.15) is 0 Å². The van der Waals surface area contributed by atoms with Gasteiger partial charge in [0.15, 0.2) is 0 Å². The number of aryl methyl sites for hydroxylation is 1. The van der Waals surface area contributed by atoms with E-state index in [1.54, 1.807) is 6.20 Å². The quantitative estimate of drug-likeness (QED) is 0.708. The maximum atomic E-state index is 5.69. The molecule has 118 valence electrons. The number of allylic oxidation sites excluding steroid dienone is 9. The van der Waals surface area contributed by atoms with E-state index in [-0.39, 0.29) is 0 Å². The summed E-state index contributed by atoms with van der Waals surface area (Å²) in [5, 5.41) is 5.50. The molecule has 1 aromatic carbocycles. The molecule has 0 saturated carbocycles. The van der Waals surface area contributed by atoms with Crippen LogP contribution in [-0.4, -0.2) is 6.72 Å². The molecule has 2 aliphatic carbocycles. The molecule has 23 heavy (non-hydrogen) atoms. The standard InChI is InChI=1S/C20H21N.CH3N/c1-15(14-21)13-20-18-9-4-2-3-7-16(18)11-12-17-8-5-6-10-19(17)20;1-2/h2-6,8-10,13-14H,7,11-12,21H2,1H3;2H,1H2/b15-14+,20-13+;. The molecule has 0 bridgehead atoms. The van der Waals surface area contributed by atoms with Crippen molar-refractivity contribution in [2.45, 2.75) is 26.2 Å². The third-order valence-corrected chi connectivity index (χ3v) is 4.18. The topological polar surface area (TPSA) is 49.9 Å². The zero-order valence-corrected chi connectivity index (χ0v) is 13.7. The summed E-state index contributed by atoms with van der Waals surface area (Å²) in [5.41, 5.74) is 13.8. The van der Waals surface area contributed by atoms with Crippen molar-refractivity contribution in [3.8, 4) is 0 Å². The minimum atomic E-state index is 1.04. The lowest BCUT2D eigenvalue weighted by molar-refractivity contribution is 0.913. The molecule has 0 radical (unpaired) electrons. The van der Waals surface area contributed by atoms with Gasteiger partial charge in [0.2, 0.25) is 0 Å². The van der Waals surface area contributed by atoms with E-state index in [4.69, 9.17) is 11.1 Å². The van der Waals surface area contributed by atoms with E-state index in [9.17, 15) is 0 Å². The predicted molar refractivity (Wildman–Crippen MR) is 100 cm³/mol. The molecule has 3 rings (SSSR count). The van der Waals surface area contributed by atoms with Crippen LogP contribution >= 0.6 is 0 Å². The highest BCUT2D eigenvalue weighted by Gasteiger charge is 2.18. The Morgan fingerprint density at radius 2 is 1.96 bits per heavy atom. The average molecular weight is 304 g/mol. The highest BCUT2D eigenvalue weighted by molar-refractivity contribution is 5.86. The van der Waals surface area contributed by atoms with E-state index in [1.807, 2.05) is 0 Å². The molecule has 2 heteroatoms. The highest BCUT2D eigenvalue weighted by Crippen LogP contribution is 2.37. The van der Waals surface area contributed by atoms with Gasteiger partial charge in [0.25, 0.3) is 0 Å². The first kappa shape index (κ1) is 16.8. The molecular weight excluding hydrogens is 280 g/mol. The first-order valence-electron chi connectivity index (χ1n) is 7.89. The monoisotopic (exact) mass is 304 g/mol. The molecule has 2 nitrogen and oxygen atoms in total. The van der Waals surface area contributed by atoms with Gasteiger partial charge in [-0.25, -0.2) is 0 Å². The van der Waals surface area contributed by atoms with Gasteiger partial charge in [-0.1, -0.05) is 54.1 Å². The average Bonchev–Trinajstić information content (AvgIpc) is 2.91. The number of nitrogens with two attached hydrogens (primary N) is 1. The van der Waals surface area contributed by atoms with Gasteiger partial charge in [0, 0.05) is 0 Å². The van der Waals surface area contributed by atoms with Crippen molar-refractivity contribution >= 4 is 12.3 Å². The normalized spacial score (nSPS) is 18.5. The summed E-state index contributed by atoms with van der Waals surface area (Å²) in [6, 6.07) is 8.73. The number of hydrogen-bond acceptors (Lipinski definition) is 2. The van der Waals surface area contributed by atoms with Crippen LogP contribution in [0, 0.1) is 5.41 Å². The molecule has 0 unspecified atom stereocenters. The van der Waals surface area contributed by atoms with Crippen LogP contribution in [-0.2, 0) is 6.42 Å². The third kappa shape index (κ3) is 3.78. The molecule has 0 saturated heterocycles. The van der Waals surface area contributed by atoms with Crippen LogP contribution in [0.1, 0.15) is 30.9 Å². The van der Waals surface area contributed by atoms with Gasteiger partial charge in [0.05, 0.1) is 0 Å². The Hall–Kier alpha value is -2.61. The Bertz CT molecular complexity index is 715. The summed E-state index contributed by atoms with van der Waals surface area (Å²) in [6.45, 7) is 4.55. The Morgan fingerprint density at radius 3 is 2.74 bits per heavy atom. The number of fused-ring (bicyclic) bond motifs is 1. The highest BCUT2D eigenvalue weighted by atomic mass is 14.5. The minimum Gasteiger partial charge on any atom is -0.404 e. The zero-order valence-electron chi connectivity index (χ0n) is 13.7. The molecule has 0 spiro atoms. The van der Waals surface area contributed by atoms with Crippen LogP contribution in [0.3, 0.4) is 0 Å². The van der Waals surface area contributed by atoms with Gasteiger partial charge in [-0.05, 0) is 73.0 Å². The lowest BCUT2D eigenvalue weighted by Gasteiger charge is -2.13. The number of nitrogens with one attached hydrogen (secondary N) is 1. The molecule has 2 aliphatic rings. The SMILES string of the molecule is C=N.CC(/C=C1\C2=C(CC=CC=C2)CCc2ccccc21)=C\N. The van der Waals surface area contributed by atoms with Crippen LogP contribution in [0.25, 0.3) is 5.57 Å². The Labute approximate surface area is 138 Å². The molecular formula is C21H24N2. The van der Waals surface area contributed by atoms with E-state index in [1.165, 1.54) is 27.8 Å². The summed E-state index contributed by atoms with van der Waals surface area (Å²) in [6.07, 6.45) is 16.0. The first-order valence-corrected chi connectivity index (χ1v) is 7.89. The number of hydrogen-bond donors (Lipinski definition) is 2. The molecule has 0 heterocycles. The molecule has 1 aromatic rings. The zero-order chi connectivity index (χ0) is 16.7. The second kappa shape index (κ2) is 8.14. The van der Waals surface area contributed by atoms with E-state index in [2.05, 4.69) is 68.3 Å². The molecule has 0 atom stereocenters. The van der Waals surface area contributed by atoms with Crippen molar-refractivity contribution in [2.24, 2.45) is 5.73 Å². The van der Waals surface area contributed by atoms with Gasteiger partial charge < -0.3 is 11.1 Å². The Kier molecular flexibility index (Phi) is 5.93. The molecule has 3 N–H and O–H groups in total. The van der Waals surface area contributed by atoms with Crippen molar-refractivity contribution in [3.05, 3.63) is 88.7 Å². The van der Waals surface area contributed by atoms with Crippen LogP contribution in [0.15, 0.2) is 77.6 Å². The summed E-state index contributed by atoms with van der Waals surface area (Å²) < 4.78 is 0. The summed E-state index contributed by atoms with van der Waals surface area (Å²) in [5.74, 6) is 0. The van der Waals surface area contributed by atoms with Crippen molar-refractivity contribution < 1.29 is 0 Å². The first-order chi connectivity index (χ1) is 11.3. The van der Waals surface area contributed by atoms with Crippen LogP contribution in [0.2, 0.25) is 0 Å². The molecule has 0 aliphatic heterocycles. The van der Waals surface area contributed by atoms with Crippen LogP contribution in [0.4, 0.5) is 0 Å². The van der Waals surface area contributed by atoms with Crippen molar-refractivity contribution in [2.75, 3.05) is 0 Å². The third-order valence-electron chi connectivity index (χ3n) is 4.18. The predicted octanol–water partition coefficient (Wildman–Crippen LogP) is 4.96. The van der Waals surface area contributed by atoms with E-state index >= 15 is 0 Å². The van der Waals surface area contributed by atoms with E-state index < -0.39 is 0 Å². The van der Waals surface area contributed by atoms with Crippen LogP contribution in [0.5, 0.6) is 0 Å². The van der Waals surface area contributed by atoms with Crippen LogP contribution < -0.4 is 5.73 Å². The van der Waals surface area contributed by atoms with E-state index in [0.29, 0.717) is 0 Å². The fourth-order valence-corrected chi connectivity index (χ4v) is 3.05. The van der Waals surface area contributed by atoms with Gasteiger partial charge in [-0.3, -0.25) is 0 Å². The fourth-order valence-electron chi connectivity index (χ4n) is 3.05. The number of benzene rings is 1. The Balaban J connectivity index is 0.000000924. The maximum absolute atomic E-state index is 5.69. The van der Waals surface area contributed by atoms with Crippen molar-refractivity contribution in [3.63, 3.8) is 0 Å². The number of rotatable bonds is 1. The molecule has 0 amide bonds. The van der Waals surface area contributed by atoms with E-state index in [0.717, 1.165) is 24.8 Å². The van der Waals surface area contributed by atoms with Gasteiger partial charge in [-0.15, -0.1) is 0 Å². The van der Waals surface area contributed by atoms with Crippen molar-refractivity contribution in [1.82, 2.24) is 0 Å². The minimum absolute atomic E-state index is 1.04. The Morgan fingerprint density at radius 1 is 1.17 bits per heavy atom. The second-order valence-electron chi connectivity index (χ2n) is 5.63. The second-order valence-corrected chi connectivity index (χ2v) is 5.63.